The van der Waals surface area contributed by atoms with Crippen LogP contribution in [0.15, 0.2) is 30.3 Å². The molecule has 6 atom stereocenters. The molecule has 4 nitrogen and oxygen atoms in total. The molecule has 122 valence electrons. The second-order valence-corrected chi connectivity index (χ2v) is 7.11. The second-order valence-electron chi connectivity index (χ2n) is 5.73. The topological polar surface area (TPSA) is 36.9 Å². The molecule has 0 saturated carbocycles. The summed E-state index contributed by atoms with van der Waals surface area (Å²) < 4.78 is 24.0. The van der Waals surface area contributed by atoms with Gasteiger partial charge >= 0.3 is 0 Å². The van der Waals surface area contributed by atoms with Crippen molar-refractivity contribution in [1.29, 1.82) is 0 Å². The lowest BCUT2D eigenvalue weighted by molar-refractivity contribution is -0.314. The smallest absolute Gasteiger partial charge is 0.184 e. The van der Waals surface area contributed by atoms with E-state index in [0.29, 0.717) is 6.61 Å². The summed E-state index contributed by atoms with van der Waals surface area (Å²) in [5, 5.41) is 0. The summed E-state index contributed by atoms with van der Waals surface area (Å²) in [6.07, 6.45) is -0.470. The maximum absolute atomic E-state index is 6.20. The van der Waals surface area contributed by atoms with Crippen molar-refractivity contribution in [3.8, 4) is 0 Å². The van der Waals surface area contributed by atoms with Gasteiger partial charge in [-0.15, -0.1) is 11.8 Å². The number of rotatable bonds is 4. The average molecular weight is 324 g/mol. The Balaban J connectivity index is 1.75. The van der Waals surface area contributed by atoms with E-state index in [4.69, 9.17) is 18.9 Å². The Kier molecular flexibility index (Phi) is 5.42. The summed E-state index contributed by atoms with van der Waals surface area (Å²) >= 11 is 1.82. The van der Waals surface area contributed by atoms with Crippen molar-refractivity contribution in [1.82, 2.24) is 0 Å². The average Bonchev–Trinajstić information content (AvgIpc) is 2.56. The van der Waals surface area contributed by atoms with E-state index in [9.17, 15) is 0 Å². The molecule has 2 fully saturated rings. The Hall–Kier alpha value is -0.590. The van der Waals surface area contributed by atoms with Crippen LogP contribution >= 0.6 is 11.8 Å². The van der Waals surface area contributed by atoms with Gasteiger partial charge in [-0.3, -0.25) is 0 Å². The largest absolute Gasteiger partial charge is 0.378 e. The van der Waals surface area contributed by atoms with Gasteiger partial charge in [0.05, 0.1) is 12.7 Å². The van der Waals surface area contributed by atoms with Crippen LogP contribution < -0.4 is 0 Å². The number of ether oxygens (including phenoxy) is 4. The molecule has 2 saturated heterocycles. The van der Waals surface area contributed by atoms with Gasteiger partial charge in [0.1, 0.15) is 17.6 Å². The fourth-order valence-electron chi connectivity index (χ4n) is 3.19. The van der Waals surface area contributed by atoms with Gasteiger partial charge in [0.2, 0.25) is 0 Å². The number of hydrogen-bond donors (Lipinski definition) is 0. The number of hydrogen-bond acceptors (Lipinski definition) is 5. The van der Waals surface area contributed by atoms with Gasteiger partial charge in [0, 0.05) is 18.6 Å². The minimum absolute atomic E-state index is 0.0258. The lowest BCUT2D eigenvalue weighted by Gasteiger charge is -2.48. The Labute approximate surface area is 136 Å². The van der Waals surface area contributed by atoms with Gasteiger partial charge in [0.15, 0.2) is 6.29 Å². The normalized spacial score (nSPS) is 38.5. The second kappa shape index (κ2) is 7.32. The molecule has 2 aliphatic rings. The highest BCUT2D eigenvalue weighted by Gasteiger charge is 2.48. The van der Waals surface area contributed by atoms with E-state index in [0.717, 1.165) is 11.3 Å². The minimum atomic E-state index is -0.341. The Morgan fingerprint density at radius 1 is 1.23 bits per heavy atom. The molecular formula is C17H24O4S. The first kappa shape index (κ1) is 16.3. The number of methoxy groups -OCH3 is 1. The predicted molar refractivity (Wildman–Crippen MR) is 86.8 cm³/mol. The van der Waals surface area contributed by atoms with Crippen LogP contribution in [0.5, 0.6) is 0 Å². The first-order valence-electron chi connectivity index (χ1n) is 7.86. The van der Waals surface area contributed by atoms with E-state index in [1.165, 1.54) is 0 Å². The Morgan fingerprint density at radius 3 is 2.68 bits per heavy atom. The summed E-state index contributed by atoms with van der Waals surface area (Å²) in [7, 11) is 1.76. The van der Waals surface area contributed by atoms with E-state index < -0.39 is 0 Å². The monoisotopic (exact) mass is 324 g/mol. The molecule has 1 aromatic rings. The summed E-state index contributed by atoms with van der Waals surface area (Å²) in [6, 6.07) is 10.0. The van der Waals surface area contributed by atoms with Crippen molar-refractivity contribution in [2.45, 2.75) is 43.9 Å². The maximum atomic E-state index is 6.20. The van der Waals surface area contributed by atoms with Crippen LogP contribution in [0, 0.1) is 5.92 Å². The summed E-state index contributed by atoms with van der Waals surface area (Å²) in [6.45, 7) is 4.86. The Bertz CT molecular complexity index is 469. The van der Waals surface area contributed by atoms with E-state index in [2.05, 4.69) is 13.8 Å². The summed E-state index contributed by atoms with van der Waals surface area (Å²) in [4.78, 5) is 0. The van der Waals surface area contributed by atoms with Gasteiger partial charge in [-0.05, 0) is 5.75 Å². The predicted octanol–water partition coefficient (Wildman–Crippen LogP) is 3.23. The molecule has 0 N–H and O–H groups in total. The third kappa shape index (κ3) is 3.19. The van der Waals surface area contributed by atoms with Crippen LogP contribution in [0.4, 0.5) is 0 Å². The van der Waals surface area contributed by atoms with Crippen molar-refractivity contribution >= 4 is 11.8 Å². The zero-order valence-electron chi connectivity index (χ0n) is 13.3. The highest BCUT2D eigenvalue weighted by atomic mass is 32.2. The molecule has 0 amide bonds. The molecule has 22 heavy (non-hydrogen) atoms. The van der Waals surface area contributed by atoms with Crippen LogP contribution in [0.3, 0.4) is 0 Å². The molecule has 0 radical (unpaired) electrons. The lowest BCUT2D eigenvalue weighted by Crippen LogP contribution is -2.58. The molecule has 0 aliphatic carbocycles. The van der Waals surface area contributed by atoms with Crippen LogP contribution in [0.1, 0.15) is 25.7 Å². The van der Waals surface area contributed by atoms with Crippen molar-refractivity contribution in [2.24, 2.45) is 5.92 Å². The van der Waals surface area contributed by atoms with Gasteiger partial charge in [-0.25, -0.2) is 0 Å². The zero-order chi connectivity index (χ0) is 15.5. The molecule has 5 heteroatoms. The third-order valence-corrected chi connectivity index (χ3v) is 5.52. The molecule has 3 unspecified atom stereocenters. The van der Waals surface area contributed by atoms with Gasteiger partial charge in [-0.1, -0.05) is 44.2 Å². The number of fused-ring (bicyclic) bond motifs is 1. The van der Waals surface area contributed by atoms with E-state index in [1.54, 1.807) is 7.11 Å². The molecule has 2 heterocycles. The van der Waals surface area contributed by atoms with Crippen molar-refractivity contribution in [2.75, 3.05) is 19.5 Å². The molecular weight excluding hydrogens is 300 g/mol. The van der Waals surface area contributed by atoms with E-state index >= 15 is 0 Å². The van der Waals surface area contributed by atoms with Gasteiger partial charge < -0.3 is 18.9 Å². The van der Waals surface area contributed by atoms with Crippen molar-refractivity contribution in [3.63, 3.8) is 0 Å². The van der Waals surface area contributed by atoms with Crippen LogP contribution in [-0.4, -0.2) is 43.2 Å². The molecule has 0 bridgehead atoms. The van der Waals surface area contributed by atoms with Crippen molar-refractivity contribution < 1.29 is 18.9 Å². The summed E-state index contributed by atoms with van der Waals surface area (Å²) in [5.41, 5.74) is 1.17. The fraction of sp³-hybridized carbons (Fsp3) is 0.647. The quantitative estimate of drug-likeness (QED) is 0.850. The van der Waals surface area contributed by atoms with Gasteiger partial charge in [-0.2, -0.15) is 0 Å². The van der Waals surface area contributed by atoms with Crippen molar-refractivity contribution in [3.05, 3.63) is 35.9 Å². The third-order valence-electron chi connectivity index (χ3n) is 4.31. The minimum Gasteiger partial charge on any atom is -0.378 e. The highest BCUT2D eigenvalue weighted by Crippen LogP contribution is 2.40. The van der Waals surface area contributed by atoms with Crippen LogP contribution in [0.2, 0.25) is 0 Å². The lowest BCUT2D eigenvalue weighted by atomic mass is 9.92. The molecule has 2 aliphatic heterocycles. The van der Waals surface area contributed by atoms with Crippen LogP contribution in [-0.2, 0) is 18.9 Å². The molecule has 0 spiro atoms. The first-order chi connectivity index (χ1) is 10.7. The van der Waals surface area contributed by atoms with E-state index in [-0.39, 0.29) is 36.0 Å². The standard InChI is InChI=1S/C17H24O4S/c1-4-22-17-11(2)14(18-3)15-13(20-17)10-19-16(21-15)12-8-6-5-7-9-12/h5-9,11,13-17H,4,10H2,1-3H3/t11?,13?,14-,15-,16?,17+/m1/s1. The number of benzene rings is 1. The number of thioether (sulfide) groups is 1. The fourth-order valence-corrected chi connectivity index (χ4v) is 4.20. The first-order valence-corrected chi connectivity index (χ1v) is 8.91. The Morgan fingerprint density at radius 2 is 2.00 bits per heavy atom. The molecule has 1 aromatic carbocycles. The maximum Gasteiger partial charge on any atom is 0.184 e. The zero-order valence-corrected chi connectivity index (χ0v) is 14.1. The molecule has 0 aromatic heterocycles. The van der Waals surface area contributed by atoms with Crippen LogP contribution in [0.25, 0.3) is 0 Å². The molecule has 3 rings (SSSR count). The SMILES string of the molecule is CCS[C@@H]1OC2COC(c3ccccc3)O[C@H]2[C@H](OC)C1C. The summed E-state index contributed by atoms with van der Waals surface area (Å²) in [5.74, 6) is 1.31. The highest BCUT2D eigenvalue weighted by molar-refractivity contribution is 7.99. The van der Waals surface area contributed by atoms with E-state index in [1.807, 2.05) is 42.1 Å². The van der Waals surface area contributed by atoms with Gasteiger partial charge in [0.25, 0.3) is 0 Å².